The average molecular weight is 308 g/mol. The highest BCUT2D eigenvalue weighted by molar-refractivity contribution is 6.01. The van der Waals surface area contributed by atoms with Crippen molar-refractivity contribution >= 4 is 10.8 Å². The van der Waals surface area contributed by atoms with Crippen LogP contribution in [0.4, 0.5) is 0 Å². The molecule has 0 atom stereocenters. The number of fused-ring (bicyclic) bond motifs is 1. The van der Waals surface area contributed by atoms with E-state index in [1.807, 2.05) is 54.6 Å². The zero-order valence-corrected chi connectivity index (χ0v) is 13.1. The van der Waals surface area contributed by atoms with E-state index in [0.29, 0.717) is 18.6 Å². The van der Waals surface area contributed by atoms with Gasteiger partial charge in [0.2, 0.25) is 0 Å². The molecule has 0 aliphatic rings. The maximum atomic E-state index is 10.5. The van der Waals surface area contributed by atoms with Crippen LogP contribution in [-0.4, -0.2) is 23.9 Å². The van der Waals surface area contributed by atoms with E-state index in [1.54, 1.807) is 7.11 Å². The van der Waals surface area contributed by atoms with E-state index in [-0.39, 0.29) is 6.61 Å². The Hall–Kier alpha value is -2.52. The number of hydrogen-bond acceptors (Lipinski definition) is 3. The van der Waals surface area contributed by atoms with Crippen LogP contribution in [0, 0.1) is 0 Å². The summed E-state index contributed by atoms with van der Waals surface area (Å²) in [7, 11) is 1.65. The fourth-order valence-corrected chi connectivity index (χ4v) is 2.91. The second-order valence-electron chi connectivity index (χ2n) is 5.54. The van der Waals surface area contributed by atoms with Gasteiger partial charge in [-0.25, -0.2) is 0 Å². The third-order valence-electron chi connectivity index (χ3n) is 4.08. The van der Waals surface area contributed by atoms with Crippen LogP contribution in [0.25, 0.3) is 21.9 Å². The Morgan fingerprint density at radius 3 is 2.48 bits per heavy atom. The number of phenolic OH excluding ortho intramolecular Hbond substituents is 1. The van der Waals surface area contributed by atoms with Gasteiger partial charge in [0.15, 0.2) is 0 Å². The summed E-state index contributed by atoms with van der Waals surface area (Å²) in [5.74, 6) is 1.11. The van der Waals surface area contributed by atoms with Gasteiger partial charge in [0.25, 0.3) is 0 Å². The van der Waals surface area contributed by atoms with Crippen molar-refractivity contribution in [3.63, 3.8) is 0 Å². The van der Waals surface area contributed by atoms with Crippen molar-refractivity contribution in [1.29, 1.82) is 0 Å². The van der Waals surface area contributed by atoms with Gasteiger partial charge in [-0.1, -0.05) is 36.4 Å². The summed E-state index contributed by atoms with van der Waals surface area (Å²) in [6.07, 6.45) is 1.27. The fraction of sp³-hybridized carbons (Fsp3) is 0.200. The quantitative estimate of drug-likeness (QED) is 0.744. The smallest absolute Gasteiger partial charge is 0.126 e. The minimum absolute atomic E-state index is 0.112. The monoisotopic (exact) mass is 308 g/mol. The number of ether oxygens (including phenoxy) is 1. The largest absolute Gasteiger partial charge is 0.507 e. The Labute approximate surface area is 135 Å². The second-order valence-corrected chi connectivity index (χ2v) is 5.54. The first kappa shape index (κ1) is 15.4. The van der Waals surface area contributed by atoms with Gasteiger partial charge in [-0.15, -0.1) is 0 Å². The van der Waals surface area contributed by atoms with Gasteiger partial charge in [-0.05, 0) is 53.1 Å². The molecule has 0 radical (unpaired) electrons. The predicted molar refractivity (Wildman–Crippen MR) is 93.0 cm³/mol. The Balaban J connectivity index is 2.23. The van der Waals surface area contributed by atoms with E-state index >= 15 is 0 Å². The van der Waals surface area contributed by atoms with Crippen LogP contribution in [0.1, 0.15) is 12.0 Å². The van der Waals surface area contributed by atoms with Gasteiger partial charge in [-0.2, -0.15) is 0 Å². The molecule has 0 saturated heterocycles. The first-order valence-corrected chi connectivity index (χ1v) is 7.73. The molecule has 0 fully saturated rings. The topological polar surface area (TPSA) is 49.7 Å². The lowest BCUT2D eigenvalue weighted by Gasteiger charge is -2.14. The lowest BCUT2D eigenvalue weighted by molar-refractivity contribution is 0.288. The van der Waals surface area contributed by atoms with Gasteiger partial charge < -0.3 is 14.9 Å². The molecule has 3 aromatic rings. The molecule has 3 heteroatoms. The molecule has 3 aromatic carbocycles. The summed E-state index contributed by atoms with van der Waals surface area (Å²) in [6.45, 7) is 0.112. The summed E-state index contributed by atoms with van der Waals surface area (Å²) >= 11 is 0. The van der Waals surface area contributed by atoms with Gasteiger partial charge >= 0.3 is 0 Å². The third kappa shape index (κ3) is 3.01. The van der Waals surface area contributed by atoms with Crippen LogP contribution < -0.4 is 4.74 Å². The minimum atomic E-state index is 0.112. The lowest BCUT2D eigenvalue weighted by atomic mass is 9.93. The van der Waals surface area contributed by atoms with E-state index in [9.17, 15) is 5.11 Å². The lowest BCUT2D eigenvalue weighted by Crippen LogP contribution is -1.93. The first-order chi connectivity index (χ1) is 11.2. The second kappa shape index (κ2) is 6.71. The summed E-state index contributed by atoms with van der Waals surface area (Å²) in [6, 6.07) is 17.8. The molecule has 0 amide bonds. The van der Waals surface area contributed by atoms with E-state index in [0.717, 1.165) is 33.2 Å². The Morgan fingerprint density at radius 2 is 1.74 bits per heavy atom. The molecule has 0 aliphatic carbocycles. The summed E-state index contributed by atoms with van der Waals surface area (Å²) in [5.41, 5.74) is 2.96. The normalized spacial score (nSPS) is 10.9. The number of methoxy groups -OCH3 is 1. The summed E-state index contributed by atoms with van der Waals surface area (Å²) < 4.78 is 5.32. The van der Waals surface area contributed by atoms with Crippen molar-refractivity contribution in [2.75, 3.05) is 13.7 Å². The standard InChI is InChI=1S/C20H20O3/c1-23-16-8-4-6-14(12-16)19-13-15(7-5-11-21)20(22)18-10-3-2-9-17(18)19/h2-4,6,8-10,12-13,21-22H,5,7,11H2,1H3. The number of benzene rings is 3. The molecule has 3 nitrogen and oxygen atoms in total. The molecule has 0 spiro atoms. The SMILES string of the molecule is COc1cccc(-c2cc(CCCO)c(O)c3ccccc23)c1. The molecule has 0 bridgehead atoms. The fourth-order valence-electron chi connectivity index (χ4n) is 2.91. The predicted octanol–water partition coefficient (Wildman–Crippen LogP) is 4.15. The van der Waals surface area contributed by atoms with Gasteiger partial charge in [-0.3, -0.25) is 0 Å². The third-order valence-corrected chi connectivity index (χ3v) is 4.08. The van der Waals surface area contributed by atoms with Gasteiger partial charge in [0, 0.05) is 12.0 Å². The molecule has 0 saturated carbocycles. The highest BCUT2D eigenvalue weighted by Crippen LogP contribution is 2.38. The van der Waals surface area contributed by atoms with Crippen LogP contribution in [-0.2, 0) is 6.42 Å². The minimum Gasteiger partial charge on any atom is -0.507 e. The van der Waals surface area contributed by atoms with Crippen LogP contribution in [0.2, 0.25) is 0 Å². The van der Waals surface area contributed by atoms with Gasteiger partial charge in [0.05, 0.1) is 7.11 Å². The molecule has 3 rings (SSSR count). The number of hydrogen-bond donors (Lipinski definition) is 2. The van der Waals surface area contributed by atoms with E-state index in [2.05, 4.69) is 0 Å². The van der Waals surface area contributed by atoms with Crippen LogP contribution in [0.5, 0.6) is 11.5 Å². The Bertz CT molecular complexity index is 824. The Morgan fingerprint density at radius 1 is 0.957 bits per heavy atom. The molecule has 0 unspecified atom stereocenters. The number of aliphatic hydroxyl groups excluding tert-OH is 1. The van der Waals surface area contributed by atoms with E-state index in [1.165, 1.54) is 0 Å². The molecule has 2 N–H and O–H groups in total. The van der Waals surface area contributed by atoms with Crippen LogP contribution in [0.15, 0.2) is 54.6 Å². The molecule has 118 valence electrons. The molecule has 0 aromatic heterocycles. The molecule has 23 heavy (non-hydrogen) atoms. The van der Waals surface area contributed by atoms with Crippen LogP contribution in [0.3, 0.4) is 0 Å². The van der Waals surface area contributed by atoms with E-state index in [4.69, 9.17) is 9.84 Å². The van der Waals surface area contributed by atoms with Crippen molar-refractivity contribution in [3.8, 4) is 22.6 Å². The summed E-state index contributed by atoms with van der Waals surface area (Å²) in [5, 5.41) is 21.5. The number of phenols is 1. The zero-order valence-electron chi connectivity index (χ0n) is 13.1. The molecular formula is C20H20O3. The van der Waals surface area contributed by atoms with Crippen molar-refractivity contribution in [2.45, 2.75) is 12.8 Å². The summed E-state index contributed by atoms with van der Waals surface area (Å²) in [4.78, 5) is 0. The van der Waals surface area contributed by atoms with E-state index < -0.39 is 0 Å². The van der Waals surface area contributed by atoms with Crippen molar-refractivity contribution < 1.29 is 14.9 Å². The number of aromatic hydroxyl groups is 1. The molecular weight excluding hydrogens is 288 g/mol. The Kier molecular flexibility index (Phi) is 4.49. The highest BCUT2D eigenvalue weighted by atomic mass is 16.5. The highest BCUT2D eigenvalue weighted by Gasteiger charge is 2.12. The number of aliphatic hydroxyl groups is 1. The number of aryl methyl sites for hydroxylation is 1. The maximum absolute atomic E-state index is 10.5. The first-order valence-electron chi connectivity index (χ1n) is 7.73. The van der Waals surface area contributed by atoms with Crippen molar-refractivity contribution in [1.82, 2.24) is 0 Å². The van der Waals surface area contributed by atoms with Crippen molar-refractivity contribution in [3.05, 3.63) is 60.2 Å². The molecule has 0 heterocycles. The average Bonchev–Trinajstić information content (AvgIpc) is 2.61. The van der Waals surface area contributed by atoms with Crippen molar-refractivity contribution in [2.24, 2.45) is 0 Å². The molecule has 0 aliphatic heterocycles. The van der Waals surface area contributed by atoms with Gasteiger partial charge in [0.1, 0.15) is 11.5 Å². The van der Waals surface area contributed by atoms with Crippen LogP contribution >= 0.6 is 0 Å². The maximum Gasteiger partial charge on any atom is 0.126 e. The number of rotatable bonds is 5. The zero-order chi connectivity index (χ0) is 16.2.